The molecule has 3 rings (SSSR count). The van der Waals surface area contributed by atoms with Crippen molar-refractivity contribution in [1.82, 2.24) is 14.9 Å². The second-order valence-corrected chi connectivity index (χ2v) is 8.72. The molecule has 0 aliphatic heterocycles. The molecule has 1 N–H and O–H groups in total. The van der Waals surface area contributed by atoms with Crippen LogP contribution in [0.3, 0.4) is 0 Å². The van der Waals surface area contributed by atoms with Crippen LogP contribution >= 0.6 is 11.8 Å². The lowest BCUT2D eigenvalue weighted by Crippen LogP contribution is -2.30. The largest absolute Gasteiger partial charge is 0.493 e. The van der Waals surface area contributed by atoms with Gasteiger partial charge < -0.3 is 19.5 Å². The number of nitrogens with one attached hydrogen (secondary N) is 1. The van der Waals surface area contributed by atoms with E-state index in [9.17, 15) is 9.59 Å². The van der Waals surface area contributed by atoms with Gasteiger partial charge >= 0.3 is 0 Å². The number of nitrogens with zero attached hydrogens (tertiary/aromatic N) is 2. The molecule has 0 saturated heterocycles. The van der Waals surface area contributed by atoms with Gasteiger partial charge in [-0.15, -0.1) is 0 Å². The van der Waals surface area contributed by atoms with Gasteiger partial charge in [0.25, 0.3) is 5.56 Å². The number of hydrogen-bond acceptors (Lipinski definition) is 7. The number of aromatic nitrogens is 2. The van der Waals surface area contributed by atoms with Crippen molar-refractivity contribution in [3.05, 3.63) is 58.9 Å². The van der Waals surface area contributed by atoms with E-state index in [1.165, 1.54) is 11.8 Å². The molecule has 0 bridgehead atoms. The Hall–Kier alpha value is -3.04. The minimum absolute atomic E-state index is 0.108. The number of para-hydroxylation sites is 3. The highest BCUT2D eigenvalue weighted by molar-refractivity contribution is 7.99. The van der Waals surface area contributed by atoms with Crippen LogP contribution in [0.1, 0.15) is 20.3 Å². The molecule has 0 unspecified atom stereocenters. The van der Waals surface area contributed by atoms with Crippen LogP contribution in [-0.2, 0) is 16.1 Å². The fourth-order valence-electron chi connectivity index (χ4n) is 3.27. The molecular formula is C25H31N3O5S. The van der Waals surface area contributed by atoms with E-state index in [2.05, 4.69) is 10.3 Å². The van der Waals surface area contributed by atoms with Crippen LogP contribution in [0, 0.1) is 0 Å². The fourth-order valence-corrected chi connectivity index (χ4v) is 4.12. The number of carbonyl (C=O) groups excluding carboxylic acids is 1. The molecule has 8 nitrogen and oxygen atoms in total. The van der Waals surface area contributed by atoms with E-state index in [0.717, 1.165) is 0 Å². The zero-order valence-electron chi connectivity index (χ0n) is 19.8. The summed E-state index contributed by atoms with van der Waals surface area (Å²) in [7, 11) is 1.58. The van der Waals surface area contributed by atoms with Crippen LogP contribution in [0.15, 0.2) is 58.5 Å². The third-order valence-electron chi connectivity index (χ3n) is 4.89. The van der Waals surface area contributed by atoms with Gasteiger partial charge in [0.05, 0.1) is 36.4 Å². The monoisotopic (exact) mass is 485 g/mol. The smallest absolute Gasteiger partial charge is 0.262 e. The second kappa shape index (κ2) is 13.0. The number of benzene rings is 2. The number of carbonyl (C=O) groups is 1. The summed E-state index contributed by atoms with van der Waals surface area (Å²) in [5.74, 6) is 1.25. The van der Waals surface area contributed by atoms with Gasteiger partial charge in [0, 0.05) is 13.2 Å². The predicted octanol–water partition coefficient (Wildman–Crippen LogP) is 3.51. The van der Waals surface area contributed by atoms with Crippen molar-refractivity contribution < 1.29 is 19.0 Å². The molecule has 2 aromatic carbocycles. The summed E-state index contributed by atoms with van der Waals surface area (Å²) in [6.45, 7) is 5.64. The normalized spacial score (nSPS) is 11.1. The Kier molecular flexibility index (Phi) is 9.78. The highest BCUT2D eigenvalue weighted by Crippen LogP contribution is 2.25. The van der Waals surface area contributed by atoms with Gasteiger partial charge in [-0.3, -0.25) is 14.2 Å². The molecular weight excluding hydrogens is 454 g/mol. The first kappa shape index (κ1) is 25.6. The van der Waals surface area contributed by atoms with Gasteiger partial charge in [-0.25, -0.2) is 4.98 Å². The first-order valence-corrected chi connectivity index (χ1v) is 12.2. The molecule has 1 amide bonds. The van der Waals surface area contributed by atoms with E-state index < -0.39 is 0 Å². The van der Waals surface area contributed by atoms with E-state index in [4.69, 9.17) is 14.2 Å². The number of fused-ring (bicyclic) bond motifs is 1. The SMILES string of the molecule is COc1ccccc1OCCNC(=O)CSc1nc2ccccc2c(=O)n1CCCOC(C)C. The lowest BCUT2D eigenvalue weighted by atomic mass is 10.2. The number of amides is 1. The van der Waals surface area contributed by atoms with Crippen LogP contribution in [0.2, 0.25) is 0 Å². The Morgan fingerprint density at radius 3 is 2.59 bits per heavy atom. The van der Waals surface area contributed by atoms with Gasteiger partial charge in [-0.1, -0.05) is 36.0 Å². The number of rotatable bonds is 13. The summed E-state index contributed by atoms with van der Waals surface area (Å²) in [6.07, 6.45) is 0.814. The molecule has 0 aliphatic rings. The van der Waals surface area contributed by atoms with Crippen LogP contribution in [0.5, 0.6) is 11.5 Å². The molecule has 182 valence electrons. The van der Waals surface area contributed by atoms with Crippen LogP contribution in [0.25, 0.3) is 10.9 Å². The molecule has 0 saturated carbocycles. The Morgan fingerprint density at radius 2 is 1.82 bits per heavy atom. The maximum Gasteiger partial charge on any atom is 0.262 e. The van der Waals surface area contributed by atoms with E-state index >= 15 is 0 Å². The first-order valence-electron chi connectivity index (χ1n) is 11.3. The van der Waals surface area contributed by atoms with Gasteiger partial charge in [-0.2, -0.15) is 0 Å². The minimum Gasteiger partial charge on any atom is -0.493 e. The molecule has 3 aromatic rings. The highest BCUT2D eigenvalue weighted by Gasteiger charge is 2.13. The highest BCUT2D eigenvalue weighted by atomic mass is 32.2. The van der Waals surface area contributed by atoms with E-state index in [0.29, 0.717) is 60.3 Å². The maximum absolute atomic E-state index is 13.1. The maximum atomic E-state index is 13.1. The molecule has 0 radical (unpaired) electrons. The van der Waals surface area contributed by atoms with Gasteiger partial charge in [0.1, 0.15) is 6.61 Å². The number of ether oxygens (including phenoxy) is 3. The van der Waals surface area contributed by atoms with Crippen molar-refractivity contribution in [1.29, 1.82) is 0 Å². The van der Waals surface area contributed by atoms with Crippen LogP contribution in [-0.4, -0.2) is 54.2 Å². The quantitative estimate of drug-likeness (QED) is 0.225. The Bertz CT molecular complexity index is 1150. The van der Waals surface area contributed by atoms with Crippen LogP contribution < -0.4 is 20.3 Å². The molecule has 0 fully saturated rings. The molecule has 34 heavy (non-hydrogen) atoms. The number of hydrogen-bond donors (Lipinski definition) is 1. The second-order valence-electron chi connectivity index (χ2n) is 7.78. The van der Waals surface area contributed by atoms with E-state index in [-0.39, 0.29) is 23.3 Å². The fraction of sp³-hybridized carbons (Fsp3) is 0.400. The Labute approximate surface area is 203 Å². The Balaban J connectivity index is 1.57. The average molecular weight is 486 g/mol. The first-order chi connectivity index (χ1) is 16.5. The summed E-state index contributed by atoms with van der Waals surface area (Å²) in [4.78, 5) is 30.1. The summed E-state index contributed by atoms with van der Waals surface area (Å²) in [5, 5.41) is 3.92. The van der Waals surface area contributed by atoms with Gasteiger partial charge in [-0.05, 0) is 44.5 Å². The zero-order chi connectivity index (χ0) is 24.3. The standard InChI is InChI=1S/C25H31N3O5S/c1-18(2)32-15-8-14-28-24(30)19-9-4-5-10-20(19)27-25(28)34-17-23(29)26-13-16-33-22-12-7-6-11-21(22)31-3/h4-7,9-12,18H,8,13-17H2,1-3H3,(H,26,29). The third kappa shape index (κ3) is 7.23. The lowest BCUT2D eigenvalue weighted by molar-refractivity contribution is -0.118. The summed E-state index contributed by atoms with van der Waals surface area (Å²) in [6, 6.07) is 14.6. The van der Waals surface area contributed by atoms with E-state index in [1.807, 2.05) is 56.3 Å². The zero-order valence-corrected chi connectivity index (χ0v) is 20.6. The van der Waals surface area contributed by atoms with Crippen molar-refractivity contribution >= 4 is 28.6 Å². The van der Waals surface area contributed by atoms with Crippen molar-refractivity contribution in [3.8, 4) is 11.5 Å². The van der Waals surface area contributed by atoms with Crippen molar-refractivity contribution in [2.24, 2.45) is 0 Å². The van der Waals surface area contributed by atoms with Crippen LogP contribution in [0.4, 0.5) is 0 Å². The van der Waals surface area contributed by atoms with Crippen molar-refractivity contribution in [3.63, 3.8) is 0 Å². The number of methoxy groups -OCH3 is 1. The molecule has 9 heteroatoms. The molecule has 0 atom stereocenters. The van der Waals surface area contributed by atoms with Gasteiger partial charge in [0.15, 0.2) is 16.7 Å². The number of thioether (sulfide) groups is 1. The average Bonchev–Trinajstić information content (AvgIpc) is 2.84. The molecule has 0 spiro atoms. The summed E-state index contributed by atoms with van der Waals surface area (Å²) < 4.78 is 18.2. The third-order valence-corrected chi connectivity index (χ3v) is 5.86. The molecule has 1 aromatic heterocycles. The summed E-state index contributed by atoms with van der Waals surface area (Å²) >= 11 is 1.25. The van der Waals surface area contributed by atoms with Gasteiger partial charge in [0.2, 0.25) is 5.91 Å². The topological polar surface area (TPSA) is 91.7 Å². The van der Waals surface area contributed by atoms with E-state index in [1.54, 1.807) is 17.7 Å². The predicted molar refractivity (Wildman–Crippen MR) is 134 cm³/mol. The Morgan fingerprint density at radius 1 is 1.09 bits per heavy atom. The molecule has 1 heterocycles. The molecule has 0 aliphatic carbocycles. The lowest BCUT2D eigenvalue weighted by Gasteiger charge is -2.14. The summed E-state index contributed by atoms with van der Waals surface area (Å²) in [5.41, 5.74) is 0.513. The van der Waals surface area contributed by atoms with Crippen molar-refractivity contribution in [2.75, 3.05) is 32.6 Å². The van der Waals surface area contributed by atoms with Crippen molar-refractivity contribution in [2.45, 2.75) is 38.1 Å². The minimum atomic E-state index is -0.161.